The van der Waals surface area contributed by atoms with Gasteiger partial charge in [-0.1, -0.05) is 18.2 Å². The fourth-order valence-electron chi connectivity index (χ4n) is 1.65. The molecule has 0 radical (unpaired) electrons. The summed E-state index contributed by atoms with van der Waals surface area (Å²) < 4.78 is 22.7. The van der Waals surface area contributed by atoms with Gasteiger partial charge in [-0.05, 0) is 18.6 Å². The molecule has 3 amide bonds. The topological polar surface area (TPSA) is 104 Å². The smallest absolute Gasteiger partial charge is 0.321 e. The Morgan fingerprint density at radius 2 is 1.86 bits per heavy atom. The molecular formula is C13H19N3O4S. The van der Waals surface area contributed by atoms with E-state index < -0.39 is 21.8 Å². The number of para-hydroxylation sites is 1. The molecule has 1 aromatic rings. The minimum absolute atomic E-state index is 0.117. The SMILES string of the molecule is CCNC(=O)NC(=O)CNc1ccccc1CS(C)(=O)=O. The average Bonchev–Trinajstić information content (AvgIpc) is 2.36. The number of sulfone groups is 1. The van der Waals surface area contributed by atoms with Crippen LogP contribution in [0.2, 0.25) is 0 Å². The van der Waals surface area contributed by atoms with Crippen molar-refractivity contribution in [2.75, 3.05) is 24.7 Å². The molecule has 0 saturated carbocycles. The molecule has 3 N–H and O–H groups in total. The number of benzene rings is 1. The Labute approximate surface area is 124 Å². The molecule has 1 rings (SSSR count). The number of amides is 3. The number of urea groups is 1. The zero-order chi connectivity index (χ0) is 15.9. The molecule has 0 aliphatic carbocycles. The molecule has 0 saturated heterocycles. The molecule has 0 spiro atoms. The first-order valence-electron chi connectivity index (χ1n) is 6.39. The van der Waals surface area contributed by atoms with Crippen molar-refractivity contribution < 1.29 is 18.0 Å². The summed E-state index contributed by atoms with van der Waals surface area (Å²) in [7, 11) is -3.17. The van der Waals surface area contributed by atoms with Crippen LogP contribution in [0.5, 0.6) is 0 Å². The quantitative estimate of drug-likeness (QED) is 0.709. The third-order valence-corrected chi connectivity index (χ3v) is 3.30. The van der Waals surface area contributed by atoms with Crippen LogP contribution in [0.3, 0.4) is 0 Å². The lowest BCUT2D eigenvalue weighted by atomic mass is 10.2. The third kappa shape index (κ3) is 6.75. The fourth-order valence-corrected chi connectivity index (χ4v) is 2.47. The number of rotatable bonds is 6. The number of hydrogen-bond acceptors (Lipinski definition) is 5. The van der Waals surface area contributed by atoms with Gasteiger partial charge in [-0.2, -0.15) is 0 Å². The van der Waals surface area contributed by atoms with Gasteiger partial charge in [-0.3, -0.25) is 10.1 Å². The number of carbonyl (C=O) groups is 2. The largest absolute Gasteiger partial charge is 0.376 e. The fraction of sp³-hybridized carbons (Fsp3) is 0.385. The standard InChI is InChI=1S/C13H19N3O4S/c1-3-14-13(18)16-12(17)8-15-11-7-5-4-6-10(11)9-21(2,19)20/h4-7,15H,3,8-9H2,1-2H3,(H2,14,16,17,18). The molecule has 0 fully saturated rings. The van der Waals surface area contributed by atoms with Crippen LogP contribution in [0.4, 0.5) is 10.5 Å². The van der Waals surface area contributed by atoms with Crippen molar-refractivity contribution in [3.05, 3.63) is 29.8 Å². The summed E-state index contributed by atoms with van der Waals surface area (Å²) in [4.78, 5) is 22.7. The predicted molar refractivity (Wildman–Crippen MR) is 80.7 cm³/mol. The van der Waals surface area contributed by atoms with Crippen LogP contribution in [0.1, 0.15) is 12.5 Å². The third-order valence-electron chi connectivity index (χ3n) is 2.46. The summed E-state index contributed by atoms with van der Waals surface area (Å²) in [5.74, 6) is -0.621. The highest BCUT2D eigenvalue weighted by Crippen LogP contribution is 2.17. The predicted octanol–water partition coefficient (Wildman–Crippen LogP) is 0.489. The Hall–Kier alpha value is -2.09. The number of anilines is 1. The van der Waals surface area contributed by atoms with Crippen LogP contribution in [0, 0.1) is 0 Å². The number of nitrogens with one attached hydrogen (secondary N) is 3. The molecule has 116 valence electrons. The van der Waals surface area contributed by atoms with Gasteiger partial charge in [0.25, 0.3) is 0 Å². The zero-order valence-electron chi connectivity index (χ0n) is 12.0. The van der Waals surface area contributed by atoms with Gasteiger partial charge in [0.05, 0.1) is 12.3 Å². The first kappa shape index (κ1) is 17.0. The van der Waals surface area contributed by atoms with Crippen molar-refractivity contribution in [3.8, 4) is 0 Å². The maximum atomic E-state index is 11.5. The van der Waals surface area contributed by atoms with E-state index in [-0.39, 0.29) is 12.3 Å². The molecule has 7 nitrogen and oxygen atoms in total. The maximum absolute atomic E-state index is 11.5. The lowest BCUT2D eigenvalue weighted by Gasteiger charge is -2.11. The summed E-state index contributed by atoms with van der Waals surface area (Å²) in [6, 6.07) is 6.25. The Balaban J connectivity index is 2.63. The van der Waals surface area contributed by atoms with Crippen molar-refractivity contribution in [1.82, 2.24) is 10.6 Å². The minimum atomic E-state index is -3.17. The van der Waals surface area contributed by atoms with E-state index in [2.05, 4.69) is 16.0 Å². The minimum Gasteiger partial charge on any atom is -0.376 e. The highest BCUT2D eigenvalue weighted by molar-refractivity contribution is 7.89. The molecule has 0 unspecified atom stereocenters. The molecule has 21 heavy (non-hydrogen) atoms. The van der Waals surface area contributed by atoms with E-state index in [1.165, 1.54) is 0 Å². The summed E-state index contributed by atoms with van der Waals surface area (Å²) in [6.45, 7) is 2.03. The lowest BCUT2D eigenvalue weighted by Crippen LogP contribution is -2.41. The Kier molecular flexibility index (Phi) is 6.16. The van der Waals surface area contributed by atoms with Gasteiger partial charge >= 0.3 is 6.03 Å². The molecule has 0 bridgehead atoms. The van der Waals surface area contributed by atoms with Gasteiger partial charge in [0.15, 0.2) is 9.84 Å². The molecule has 0 aromatic heterocycles. The molecule has 0 heterocycles. The van der Waals surface area contributed by atoms with E-state index in [9.17, 15) is 18.0 Å². The summed E-state index contributed by atoms with van der Waals surface area (Å²) in [5, 5.41) is 7.41. The summed E-state index contributed by atoms with van der Waals surface area (Å²) in [6.07, 6.45) is 1.14. The number of carbonyl (C=O) groups excluding carboxylic acids is 2. The van der Waals surface area contributed by atoms with Gasteiger partial charge in [-0.25, -0.2) is 13.2 Å². The lowest BCUT2D eigenvalue weighted by molar-refractivity contribution is -0.118. The van der Waals surface area contributed by atoms with Crippen molar-refractivity contribution >= 4 is 27.5 Å². The molecule has 0 aliphatic rings. The first-order chi connectivity index (χ1) is 9.81. The Morgan fingerprint density at radius 3 is 2.48 bits per heavy atom. The van der Waals surface area contributed by atoms with Crippen LogP contribution in [0.25, 0.3) is 0 Å². The van der Waals surface area contributed by atoms with Crippen LogP contribution in [0.15, 0.2) is 24.3 Å². The van der Waals surface area contributed by atoms with Crippen molar-refractivity contribution in [3.63, 3.8) is 0 Å². The van der Waals surface area contributed by atoms with Gasteiger partial charge in [0.1, 0.15) is 0 Å². The molecule has 1 aromatic carbocycles. The molecule has 8 heteroatoms. The van der Waals surface area contributed by atoms with Crippen molar-refractivity contribution in [2.45, 2.75) is 12.7 Å². The second kappa shape index (κ2) is 7.63. The van der Waals surface area contributed by atoms with Crippen LogP contribution >= 0.6 is 0 Å². The zero-order valence-corrected chi connectivity index (χ0v) is 12.8. The normalized spacial score (nSPS) is 10.8. The monoisotopic (exact) mass is 313 g/mol. The van der Waals surface area contributed by atoms with E-state index in [0.717, 1.165) is 6.26 Å². The molecular weight excluding hydrogens is 294 g/mol. The molecule has 0 atom stereocenters. The Bertz CT molecular complexity index is 614. The second-order valence-electron chi connectivity index (χ2n) is 4.49. The van der Waals surface area contributed by atoms with E-state index >= 15 is 0 Å². The number of hydrogen-bond donors (Lipinski definition) is 3. The van der Waals surface area contributed by atoms with Gasteiger partial charge in [-0.15, -0.1) is 0 Å². The highest BCUT2D eigenvalue weighted by Gasteiger charge is 2.11. The first-order valence-corrected chi connectivity index (χ1v) is 8.45. The average molecular weight is 313 g/mol. The second-order valence-corrected chi connectivity index (χ2v) is 6.63. The Morgan fingerprint density at radius 1 is 1.19 bits per heavy atom. The molecule has 0 aliphatic heterocycles. The number of imide groups is 1. The van der Waals surface area contributed by atoms with Crippen LogP contribution < -0.4 is 16.0 Å². The van der Waals surface area contributed by atoms with Gasteiger partial charge in [0, 0.05) is 18.5 Å². The van der Waals surface area contributed by atoms with Crippen LogP contribution in [-0.4, -0.2) is 39.7 Å². The summed E-state index contributed by atoms with van der Waals surface area (Å²) >= 11 is 0. The van der Waals surface area contributed by atoms with E-state index in [1.54, 1.807) is 31.2 Å². The van der Waals surface area contributed by atoms with E-state index in [4.69, 9.17) is 0 Å². The van der Waals surface area contributed by atoms with Gasteiger partial charge in [0.2, 0.25) is 5.91 Å². The van der Waals surface area contributed by atoms with Crippen LogP contribution in [-0.2, 0) is 20.4 Å². The maximum Gasteiger partial charge on any atom is 0.321 e. The van der Waals surface area contributed by atoms with Crippen molar-refractivity contribution in [1.29, 1.82) is 0 Å². The van der Waals surface area contributed by atoms with E-state index in [0.29, 0.717) is 17.8 Å². The van der Waals surface area contributed by atoms with Crippen molar-refractivity contribution in [2.24, 2.45) is 0 Å². The van der Waals surface area contributed by atoms with E-state index in [1.807, 2.05) is 0 Å². The van der Waals surface area contributed by atoms with Gasteiger partial charge < -0.3 is 10.6 Å². The highest BCUT2D eigenvalue weighted by atomic mass is 32.2. The summed E-state index contributed by atoms with van der Waals surface area (Å²) in [5.41, 5.74) is 1.12.